The molecule has 2 aromatic rings. The van der Waals surface area contributed by atoms with Gasteiger partial charge >= 0.3 is 0 Å². The highest BCUT2D eigenvalue weighted by atomic mass is 32.2. The van der Waals surface area contributed by atoms with Crippen LogP contribution in [0.25, 0.3) is 0 Å². The van der Waals surface area contributed by atoms with Crippen LogP contribution in [0.4, 0.5) is 17.1 Å². The third kappa shape index (κ3) is 3.80. The van der Waals surface area contributed by atoms with E-state index in [0.29, 0.717) is 4.90 Å². The summed E-state index contributed by atoms with van der Waals surface area (Å²) >= 11 is 0. The quantitative estimate of drug-likeness (QED) is 0.590. The largest absolute Gasteiger partial charge is 0.368 e. The van der Waals surface area contributed by atoms with E-state index in [0.717, 1.165) is 37.6 Å². The van der Waals surface area contributed by atoms with Crippen molar-refractivity contribution in [2.75, 3.05) is 41.7 Å². The third-order valence-corrected chi connectivity index (χ3v) is 6.40. The lowest BCUT2D eigenvalue weighted by Crippen LogP contribution is -2.46. The van der Waals surface area contributed by atoms with Crippen LogP contribution in [-0.4, -0.2) is 45.3 Å². The molecule has 1 fully saturated rings. The van der Waals surface area contributed by atoms with Gasteiger partial charge in [0.2, 0.25) is 0 Å². The number of sulfone groups is 1. The van der Waals surface area contributed by atoms with Crippen molar-refractivity contribution < 1.29 is 13.3 Å². The molecule has 0 aromatic heterocycles. The number of piperazine rings is 1. The summed E-state index contributed by atoms with van der Waals surface area (Å²) in [5, 5.41) is 10.7. The van der Waals surface area contributed by atoms with Gasteiger partial charge in [0.05, 0.1) is 15.6 Å². The number of nitro benzene ring substituents is 1. The Hall–Kier alpha value is -2.61. The minimum atomic E-state index is -3.17. The van der Waals surface area contributed by atoms with E-state index in [4.69, 9.17) is 0 Å². The third-order valence-electron chi connectivity index (χ3n) is 4.65. The smallest absolute Gasteiger partial charge is 0.269 e. The molecular formula is C18H21N3O4S. The van der Waals surface area contributed by atoms with E-state index in [-0.39, 0.29) is 11.4 Å². The molecule has 0 unspecified atom stereocenters. The highest BCUT2D eigenvalue weighted by Crippen LogP contribution is 2.24. The van der Waals surface area contributed by atoms with Gasteiger partial charge in [-0.25, -0.2) is 8.42 Å². The predicted molar refractivity (Wildman–Crippen MR) is 102 cm³/mol. The van der Waals surface area contributed by atoms with E-state index in [9.17, 15) is 18.5 Å². The van der Waals surface area contributed by atoms with Crippen LogP contribution in [0, 0.1) is 10.1 Å². The van der Waals surface area contributed by atoms with Crippen LogP contribution in [0.5, 0.6) is 0 Å². The molecule has 0 spiro atoms. The van der Waals surface area contributed by atoms with E-state index < -0.39 is 14.8 Å². The lowest BCUT2D eigenvalue weighted by atomic mass is 10.2. The highest BCUT2D eigenvalue weighted by Gasteiger charge is 2.19. The van der Waals surface area contributed by atoms with Gasteiger partial charge in [0, 0.05) is 49.7 Å². The van der Waals surface area contributed by atoms with Gasteiger partial charge in [0.1, 0.15) is 0 Å². The Balaban J connectivity index is 1.64. The summed E-state index contributed by atoms with van der Waals surface area (Å²) in [6.07, 6.45) is 0. The number of hydrogen-bond donors (Lipinski definition) is 0. The zero-order valence-corrected chi connectivity index (χ0v) is 15.4. The molecule has 0 bridgehead atoms. The zero-order chi connectivity index (χ0) is 18.7. The minimum absolute atomic E-state index is 0.0921. The van der Waals surface area contributed by atoms with E-state index in [1.54, 1.807) is 31.2 Å². The minimum Gasteiger partial charge on any atom is -0.368 e. The second-order valence-corrected chi connectivity index (χ2v) is 8.42. The first kappa shape index (κ1) is 18.2. The van der Waals surface area contributed by atoms with E-state index in [1.807, 2.05) is 12.1 Å². The first-order chi connectivity index (χ1) is 12.4. The molecule has 3 rings (SSSR count). The van der Waals surface area contributed by atoms with Crippen molar-refractivity contribution in [1.82, 2.24) is 0 Å². The van der Waals surface area contributed by atoms with Gasteiger partial charge in [-0.05, 0) is 36.4 Å². The van der Waals surface area contributed by atoms with Crippen LogP contribution in [-0.2, 0) is 9.84 Å². The number of benzene rings is 2. The highest BCUT2D eigenvalue weighted by molar-refractivity contribution is 7.91. The number of hydrogen-bond acceptors (Lipinski definition) is 6. The molecule has 0 N–H and O–H groups in total. The summed E-state index contributed by atoms with van der Waals surface area (Å²) in [7, 11) is -3.17. The number of non-ortho nitro benzene ring substituents is 1. The first-order valence-corrected chi connectivity index (χ1v) is 10.1. The average Bonchev–Trinajstić information content (AvgIpc) is 2.68. The van der Waals surface area contributed by atoms with Crippen molar-refractivity contribution in [3.63, 3.8) is 0 Å². The summed E-state index contributed by atoms with van der Waals surface area (Å²) < 4.78 is 23.8. The maximum absolute atomic E-state index is 11.9. The monoisotopic (exact) mass is 375 g/mol. The Labute approximate surface area is 152 Å². The van der Waals surface area contributed by atoms with Gasteiger partial charge in [0.25, 0.3) is 5.69 Å². The topological polar surface area (TPSA) is 83.8 Å². The Morgan fingerprint density at radius 1 is 0.885 bits per heavy atom. The van der Waals surface area contributed by atoms with Crippen LogP contribution in [0.2, 0.25) is 0 Å². The van der Waals surface area contributed by atoms with Crippen LogP contribution in [0.1, 0.15) is 6.92 Å². The van der Waals surface area contributed by atoms with Crippen molar-refractivity contribution in [2.24, 2.45) is 0 Å². The van der Waals surface area contributed by atoms with Gasteiger partial charge in [0.15, 0.2) is 9.84 Å². The van der Waals surface area contributed by atoms with E-state index >= 15 is 0 Å². The molecule has 0 atom stereocenters. The van der Waals surface area contributed by atoms with Gasteiger partial charge in [-0.3, -0.25) is 10.1 Å². The number of rotatable bonds is 5. The summed E-state index contributed by atoms with van der Waals surface area (Å²) in [6.45, 7) is 4.84. The maximum atomic E-state index is 11.9. The molecule has 0 amide bonds. The van der Waals surface area contributed by atoms with Crippen molar-refractivity contribution in [1.29, 1.82) is 0 Å². The van der Waals surface area contributed by atoms with Crippen LogP contribution in [0.3, 0.4) is 0 Å². The summed E-state index contributed by atoms with van der Waals surface area (Å²) in [6, 6.07) is 13.6. The molecule has 1 aliphatic rings. The van der Waals surface area contributed by atoms with Crippen LogP contribution >= 0.6 is 0 Å². The molecule has 2 aromatic carbocycles. The van der Waals surface area contributed by atoms with Gasteiger partial charge in [-0.1, -0.05) is 6.92 Å². The molecule has 7 nitrogen and oxygen atoms in total. The average molecular weight is 375 g/mol. The second-order valence-electron chi connectivity index (χ2n) is 6.14. The lowest BCUT2D eigenvalue weighted by Gasteiger charge is -2.37. The molecule has 0 saturated carbocycles. The van der Waals surface area contributed by atoms with E-state index in [2.05, 4.69) is 9.80 Å². The van der Waals surface area contributed by atoms with Crippen LogP contribution in [0.15, 0.2) is 53.4 Å². The number of nitrogens with zero attached hydrogens (tertiary/aromatic N) is 3. The lowest BCUT2D eigenvalue weighted by molar-refractivity contribution is -0.384. The SMILES string of the molecule is CCS(=O)(=O)c1ccc(N2CCN(c3ccc([N+](=O)[O-])cc3)CC2)cc1. The van der Waals surface area contributed by atoms with Crippen molar-refractivity contribution in [3.8, 4) is 0 Å². The Morgan fingerprint density at radius 2 is 1.31 bits per heavy atom. The normalized spacial score (nSPS) is 15.1. The molecule has 26 heavy (non-hydrogen) atoms. The zero-order valence-electron chi connectivity index (χ0n) is 14.5. The molecule has 138 valence electrons. The molecule has 8 heteroatoms. The van der Waals surface area contributed by atoms with Gasteiger partial charge < -0.3 is 9.80 Å². The second kappa shape index (κ2) is 7.33. The number of nitro groups is 1. The standard InChI is InChI=1S/C18H21N3O4S/c1-2-26(24,25)18-9-7-16(8-10-18)20-13-11-19(12-14-20)15-3-5-17(6-4-15)21(22)23/h3-10H,2,11-14H2,1H3. The Kier molecular flexibility index (Phi) is 5.13. The fourth-order valence-electron chi connectivity index (χ4n) is 3.04. The van der Waals surface area contributed by atoms with E-state index in [1.165, 1.54) is 12.1 Å². The Morgan fingerprint density at radius 3 is 1.69 bits per heavy atom. The van der Waals surface area contributed by atoms with Crippen molar-refractivity contribution in [2.45, 2.75) is 11.8 Å². The predicted octanol–water partition coefficient (Wildman–Crippen LogP) is 2.72. The van der Waals surface area contributed by atoms with Crippen molar-refractivity contribution >= 4 is 26.9 Å². The summed E-state index contributed by atoms with van der Waals surface area (Å²) in [4.78, 5) is 15.1. The summed E-state index contributed by atoms with van der Waals surface area (Å²) in [5.41, 5.74) is 2.07. The molecule has 1 heterocycles. The fourth-order valence-corrected chi connectivity index (χ4v) is 3.92. The first-order valence-electron chi connectivity index (χ1n) is 8.48. The molecule has 1 aliphatic heterocycles. The molecule has 0 aliphatic carbocycles. The Bertz CT molecular complexity index is 872. The molecule has 0 radical (unpaired) electrons. The fraction of sp³-hybridized carbons (Fsp3) is 0.333. The number of anilines is 2. The molecular weight excluding hydrogens is 354 g/mol. The maximum Gasteiger partial charge on any atom is 0.269 e. The van der Waals surface area contributed by atoms with Crippen LogP contribution < -0.4 is 9.80 Å². The van der Waals surface area contributed by atoms with Gasteiger partial charge in [-0.15, -0.1) is 0 Å². The molecule has 1 saturated heterocycles. The van der Waals surface area contributed by atoms with Crippen molar-refractivity contribution in [3.05, 3.63) is 58.6 Å². The van der Waals surface area contributed by atoms with Gasteiger partial charge in [-0.2, -0.15) is 0 Å². The summed E-state index contributed by atoms with van der Waals surface area (Å²) in [5.74, 6) is 0.0975.